The largest absolute Gasteiger partial charge is 0.469 e. The smallest absolute Gasteiger partial charge is 0.433 e. The molecule has 7 heteroatoms. The summed E-state index contributed by atoms with van der Waals surface area (Å²) in [4.78, 5) is 14.3. The molecule has 0 radical (unpaired) electrons. The number of hydrogen-bond acceptors (Lipinski definition) is 3. The van der Waals surface area contributed by atoms with Crippen molar-refractivity contribution in [2.75, 3.05) is 7.11 Å². The lowest BCUT2D eigenvalue weighted by atomic mass is 10.1. The molecule has 0 saturated heterocycles. The number of methoxy groups -OCH3 is 1. The standard InChI is InChI=1S/C9H7F3INO2/c1-16-7(15)4-5-6(13)2-3-14-8(5)9(10,11)12/h2-3H,4H2,1H3. The summed E-state index contributed by atoms with van der Waals surface area (Å²) in [6.45, 7) is 0. The van der Waals surface area contributed by atoms with Crippen LogP contribution in [0.5, 0.6) is 0 Å². The van der Waals surface area contributed by atoms with Crippen LogP contribution in [-0.2, 0) is 22.1 Å². The fourth-order valence-electron chi connectivity index (χ4n) is 1.10. The number of hydrogen-bond donors (Lipinski definition) is 0. The van der Waals surface area contributed by atoms with Gasteiger partial charge in [-0.3, -0.25) is 9.78 Å². The number of nitrogens with zero attached hydrogens (tertiary/aromatic N) is 1. The predicted molar refractivity (Wildman–Crippen MR) is 57.7 cm³/mol. The SMILES string of the molecule is COC(=O)Cc1c(I)ccnc1C(F)(F)F. The molecule has 1 aromatic rings. The summed E-state index contributed by atoms with van der Waals surface area (Å²) in [6.07, 6.45) is -3.94. The van der Waals surface area contributed by atoms with E-state index in [0.29, 0.717) is 3.57 Å². The van der Waals surface area contributed by atoms with Crippen molar-refractivity contribution in [3.63, 3.8) is 0 Å². The van der Waals surface area contributed by atoms with Gasteiger partial charge in [0, 0.05) is 15.3 Å². The zero-order valence-corrected chi connectivity index (χ0v) is 10.3. The lowest BCUT2D eigenvalue weighted by Gasteiger charge is -2.12. The minimum atomic E-state index is -4.56. The summed E-state index contributed by atoms with van der Waals surface area (Å²) in [5.41, 5.74) is -1.19. The van der Waals surface area contributed by atoms with Crippen LogP contribution in [0.4, 0.5) is 13.2 Å². The van der Waals surface area contributed by atoms with Crippen molar-refractivity contribution in [2.24, 2.45) is 0 Å². The first-order chi connectivity index (χ1) is 7.36. The minimum absolute atomic E-state index is 0.151. The van der Waals surface area contributed by atoms with Crippen molar-refractivity contribution in [3.05, 3.63) is 27.1 Å². The van der Waals surface area contributed by atoms with Gasteiger partial charge in [-0.25, -0.2) is 0 Å². The first-order valence-electron chi connectivity index (χ1n) is 4.13. The summed E-state index contributed by atoms with van der Waals surface area (Å²) in [7, 11) is 1.12. The topological polar surface area (TPSA) is 39.2 Å². The molecule has 0 N–H and O–H groups in total. The van der Waals surface area contributed by atoms with E-state index in [-0.39, 0.29) is 5.56 Å². The van der Waals surface area contributed by atoms with E-state index >= 15 is 0 Å². The number of pyridine rings is 1. The molecule has 1 heterocycles. The van der Waals surface area contributed by atoms with Gasteiger partial charge in [-0.15, -0.1) is 0 Å². The molecule has 0 atom stereocenters. The third kappa shape index (κ3) is 3.06. The Morgan fingerprint density at radius 1 is 1.56 bits per heavy atom. The van der Waals surface area contributed by atoms with Crippen LogP contribution in [0.15, 0.2) is 12.3 Å². The van der Waals surface area contributed by atoms with Crippen molar-refractivity contribution in [1.29, 1.82) is 0 Å². The van der Waals surface area contributed by atoms with Crippen LogP contribution in [0, 0.1) is 3.57 Å². The molecule has 0 bridgehead atoms. The number of ether oxygens (including phenoxy) is 1. The Kier molecular flexibility index (Phi) is 4.11. The second-order valence-corrected chi connectivity index (χ2v) is 4.03. The van der Waals surface area contributed by atoms with E-state index in [0.717, 1.165) is 13.3 Å². The lowest BCUT2D eigenvalue weighted by molar-refractivity contribution is -0.143. The van der Waals surface area contributed by atoms with E-state index < -0.39 is 24.3 Å². The monoisotopic (exact) mass is 345 g/mol. The highest BCUT2D eigenvalue weighted by Gasteiger charge is 2.36. The van der Waals surface area contributed by atoms with E-state index in [9.17, 15) is 18.0 Å². The van der Waals surface area contributed by atoms with Crippen molar-refractivity contribution >= 4 is 28.6 Å². The number of rotatable bonds is 2. The normalized spacial score (nSPS) is 11.3. The highest BCUT2D eigenvalue weighted by molar-refractivity contribution is 14.1. The third-order valence-electron chi connectivity index (χ3n) is 1.82. The van der Waals surface area contributed by atoms with E-state index in [1.54, 1.807) is 22.6 Å². The fraction of sp³-hybridized carbons (Fsp3) is 0.333. The van der Waals surface area contributed by atoms with Crippen molar-refractivity contribution < 1.29 is 22.7 Å². The Morgan fingerprint density at radius 2 is 2.19 bits per heavy atom. The molecular formula is C9H7F3INO2. The maximum atomic E-state index is 12.6. The summed E-state index contributed by atoms with van der Waals surface area (Å²) in [5.74, 6) is -0.726. The minimum Gasteiger partial charge on any atom is -0.469 e. The van der Waals surface area contributed by atoms with Gasteiger partial charge < -0.3 is 4.74 Å². The molecule has 1 rings (SSSR count). The van der Waals surface area contributed by atoms with Gasteiger partial charge in [0.25, 0.3) is 0 Å². The number of carbonyl (C=O) groups is 1. The molecule has 0 fully saturated rings. The van der Waals surface area contributed by atoms with Gasteiger partial charge in [-0.1, -0.05) is 0 Å². The van der Waals surface area contributed by atoms with E-state index in [1.165, 1.54) is 6.07 Å². The maximum Gasteiger partial charge on any atom is 0.433 e. The average molecular weight is 345 g/mol. The zero-order chi connectivity index (χ0) is 12.3. The van der Waals surface area contributed by atoms with Crippen molar-refractivity contribution in [1.82, 2.24) is 4.98 Å². The van der Waals surface area contributed by atoms with Crippen LogP contribution in [0.1, 0.15) is 11.3 Å². The van der Waals surface area contributed by atoms with Gasteiger partial charge in [0.05, 0.1) is 13.5 Å². The highest BCUT2D eigenvalue weighted by Crippen LogP contribution is 2.32. The molecule has 16 heavy (non-hydrogen) atoms. The molecule has 0 aliphatic carbocycles. The lowest BCUT2D eigenvalue weighted by Crippen LogP contribution is -2.16. The van der Waals surface area contributed by atoms with Gasteiger partial charge in [0.15, 0.2) is 0 Å². The molecule has 88 valence electrons. The van der Waals surface area contributed by atoms with E-state index in [4.69, 9.17) is 0 Å². The Morgan fingerprint density at radius 3 is 2.69 bits per heavy atom. The molecule has 3 nitrogen and oxygen atoms in total. The number of halogens is 4. The molecule has 1 aromatic heterocycles. The van der Waals surface area contributed by atoms with E-state index in [2.05, 4.69) is 9.72 Å². The molecule has 0 spiro atoms. The maximum absolute atomic E-state index is 12.6. The number of alkyl halides is 3. The first-order valence-corrected chi connectivity index (χ1v) is 5.21. The zero-order valence-electron chi connectivity index (χ0n) is 8.14. The molecule has 0 aromatic carbocycles. The summed E-state index contributed by atoms with van der Waals surface area (Å²) < 4.78 is 42.4. The second-order valence-electron chi connectivity index (χ2n) is 2.87. The predicted octanol–water partition coefficient (Wildman–Crippen LogP) is 2.42. The van der Waals surface area contributed by atoms with Gasteiger partial charge in [0.1, 0.15) is 5.69 Å². The van der Waals surface area contributed by atoms with Gasteiger partial charge in [-0.2, -0.15) is 13.2 Å². The second kappa shape index (κ2) is 4.98. The van der Waals surface area contributed by atoms with Crippen LogP contribution in [-0.4, -0.2) is 18.1 Å². The molecule has 0 amide bonds. The van der Waals surface area contributed by atoms with Gasteiger partial charge in [-0.05, 0) is 28.7 Å². The Balaban J connectivity index is 3.19. The molecule has 0 unspecified atom stereocenters. The van der Waals surface area contributed by atoms with Crippen molar-refractivity contribution in [2.45, 2.75) is 12.6 Å². The molecule has 0 saturated carbocycles. The quantitative estimate of drug-likeness (QED) is 0.611. The Hall–Kier alpha value is -0.860. The summed E-state index contributed by atoms with van der Waals surface area (Å²) in [5, 5.41) is 0. The number of carbonyl (C=O) groups excluding carboxylic acids is 1. The Labute approximate surface area is 103 Å². The highest BCUT2D eigenvalue weighted by atomic mass is 127. The first kappa shape index (κ1) is 13.2. The van der Waals surface area contributed by atoms with Crippen LogP contribution >= 0.6 is 22.6 Å². The number of esters is 1. The Bertz CT molecular complexity index is 406. The van der Waals surface area contributed by atoms with Crippen LogP contribution in [0.3, 0.4) is 0 Å². The third-order valence-corrected chi connectivity index (χ3v) is 2.83. The van der Waals surface area contributed by atoms with Gasteiger partial charge >= 0.3 is 12.1 Å². The van der Waals surface area contributed by atoms with Gasteiger partial charge in [0.2, 0.25) is 0 Å². The van der Waals surface area contributed by atoms with Crippen molar-refractivity contribution in [3.8, 4) is 0 Å². The molecular weight excluding hydrogens is 338 g/mol. The fourth-order valence-corrected chi connectivity index (χ4v) is 1.70. The summed E-state index contributed by atoms with van der Waals surface area (Å²) in [6, 6.07) is 1.41. The molecule has 0 aliphatic heterocycles. The van der Waals surface area contributed by atoms with E-state index in [1.807, 2.05) is 0 Å². The van der Waals surface area contributed by atoms with Crippen LogP contribution in [0.2, 0.25) is 0 Å². The number of aromatic nitrogens is 1. The van der Waals surface area contributed by atoms with Crippen LogP contribution in [0.25, 0.3) is 0 Å². The molecule has 0 aliphatic rings. The summed E-state index contributed by atoms with van der Waals surface area (Å²) >= 11 is 1.73. The average Bonchev–Trinajstić information content (AvgIpc) is 2.19. The van der Waals surface area contributed by atoms with Crippen LogP contribution < -0.4 is 0 Å².